The number of rotatable bonds is 4. The van der Waals surface area contributed by atoms with Gasteiger partial charge in [0, 0.05) is 16.5 Å². The summed E-state index contributed by atoms with van der Waals surface area (Å²) >= 11 is 5.80. The van der Waals surface area contributed by atoms with Gasteiger partial charge in [-0.3, -0.25) is 4.79 Å². The van der Waals surface area contributed by atoms with E-state index in [9.17, 15) is 4.79 Å². The summed E-state index contributed by atoms with van der Waals surface area (Å²) in [5.74, 6) is 0.774. The summed E-state index contributed by atoms with van der Waals surface area (Å²) in [6.07, 6.45) is 0.895. The first-order valence-electron chi connectivity index (χ1n) is 7.40. The van der Waals surface area contributed by atoms with E-state index in [-0.39, 0.29) is 0 Å². The highest BCUT2D eigenvalue weighted by Crippen LogP contribution is 2.28. The van der Waals surface area contributed by atoms with E-state index in [1.807, 2.05) is 42.5 Å². The first kappa shape index (κ1) is 15.5. The molecule has 0 spiro atoms. The molecule has 0 amide bonds. The average molecular weight is 326 g/mol. The number of carbonyl (C=O) groups excluding carboxylic acids is 1. The van der Waals surface area contributed by atoms with Gasteiger partial charge in [-0.25, -0.2) is 4.98 Å². The maximum absolute atomic E-state index is 11.9. The number of hydrogen-bond acceptors (Lipinski definition) is 3. The Bertz CT molecular complexity index is 872. The number of fused-ring (bicyclic) bond motifs is 1. The number of benzene rings is 2. The molecule has 0 unspecified atom stereocenters. The number of nitrogens with zero attached hydrogens (tertiary/aromatic N) is 1. The fraction of sp³-hybridized carbons (Fsp3) is 0.158. The highest BCUT2D eigenvalue weighted by molar-refractivity contribution is 6.68. The Hall–Kier alpha value is -2.39. The van der Waals surface area contributed by atoms with Crippen LogP contribution in [0.3, 0.4) is 0 Å². The van der Waals surface area contributed by atoms with Crippen molar-refractivity contribution in [2.24, 2.45) is 0 Å². The molecule has 0 aliphatic carbocycles. The van der Waals surface area contributed by atoms with Crippen LogP contribution in [0.2, 0.25) is 0 Å². The highest BCUT2D eigenvalue weighted by Gasteiger charge is 2.13. The average Bonchev–Trinajstić information content (AvgIpc) is 2.60. The monoisotopic (exact) mass is 325 g/mol. The lowest BCUT2D eigenvalue weighted by atomic mass is 10.0. The summed E-state index contributed by atoms with van der Waals surface area (Å²) < 4.78 is 5.17. The van der Waals surface area contributed by atoms with Gasteiger partial charge in [0.25, 0.3) is 5.24 Å². The van der Waals surface area contributed by atoms with Crippen LogP contribution in [0.25, 0.3) is 22.2 Å². The summed E-state index contributed by atoms with van der Waals surface area (Å²) in [5, 5.41) is 0.321. The highest BCUT2D eigenvalue weighted by atomic mass is 35.5. The van der Waals surface area contributed by atoms with Gasteiger partial charge < -0.3 is 4.74 Å². The van der Waals surface area contributed by atoms with Gasteiger partial charge in [-0.1, -0.05) is 13.0 Å². The topological polar surface area (TPSA) is 39.2 Å². The van der Waals surface area contributed by atoms with E-state index in [4.69, 9.17) is 16.3 Å². The van der Waals surface area contributed by atoms with Gasteiger partial charge in [0.15, 0.2) is 0 Å². The van der Waals surface area contributed by atoms with Gasteiger partial charge in [-0.15, -0.1) is 0 Å². The molecule has 116 valence electrons. The van der Waals surface area contributed by atoms with E-state index < -0.39 is 5.24 Å². The second-order valence-corrected chi connectivity index (χ2v) is 5.61. The molecule has 0 aliphatic rings. The minimum absolute atomic E-state index is 0.472. The zero-order chi connectivity index (χ0) is 16.4. The lowest BCUT2D eigenvalue weighted by Gasteiger charge is -2.09. The Morgan fingerprint density at radius 3 is 2.48 bits per heavy atom. The van der Waals surface area contributed by atoms with Crippen LogP contribution in [0.5, 0.6) is 5.75 Å². The van der Waals surface area contributed by atoms with E-state index in [1.165, 1.54) is 0 Å². The van der Waals surface area contributed by atoms with Gasteiger partial charge in [0.1, 0.15) is 5.75 Å². The van der Waals surface area contributed by atoms with E-state index >= 15 is 0 Å². The summed E-state index contributed by atoms with van der Waals surface area (Å²) in [4.78, 5) is 16.5. The third-order valence-corrected chi connectivity index (χ3v) is 4.08. The number of hydrogen-bond donors (Lipinski definition) is 0. The van der Waals surface area contributed by atoms with Crippen molar-refractivity contribution in [2.45, 2.75) is 13.3 Å². The van der Waals surface area contributed by atoms with Gasteiger partial charge in [0.2, 0.25) is 0 Å². The number of halogens is 1. The molecular weight excluding hydrogens is 310 g/mol. The van der Waals surface area contributed by atoms with Gasteiger partial charge in [0.05, 0.1) is 18.3 Å². The Morgan fingerprint density at radius 1 is 1.13 bits per heavy atom. The molecule has 0 aliphatic heterocycles. The van der Waals surface area contributed by atoms with Crippen LogP contribution in [0.4, 0.5) is 0 Å². The quantitative estimate of drug-likeness (QED) is 0.643. The second-order valence-electron chi connectivity index (χ2n) is 5.26. The Labute approximate surface area is 139 Å². The Balaban J connectivity index is 2.20. The van der Waals surface area contributed by atoms with Crippen molar-refractivity contribution in [1.29, 1.82) is 0 Å². The van der Waals surface area contributed by atoms with E-state index in [1.54, 1.807) is 13.2 Å². The lowest BCUT2D eigenvalue weighted by Crippen LogP contribution is -1.97. The van der Waals surface area contributed by atoms with E-state index in [0.717, 1.165) is 34.2 Å². The van der Waals surface area contributed by atoms with Crippen molar-refractivity contribution in [1.82, 2.24) is 4.98 Å². The number of aryl methyl sites for hydroxylation is 1. The predicted molar refractivity (Wildman–Crippen MR) is 93.3 cm³/mol. The molecule has 1 heterocycles. The maximum atomic E-state index is 11.9. The molecule has 3 aromatic rings. The number of ether oxygens (including phenoxy) is 1. The fourth-order valence-corrected chi connectivity index (χ4v) is 2.72. The number of carbonyl (C=O) groups is 1. The smallest absolute Gasteiger partial charge is 0.253 e. The molecule has 0 fully saturated rings. The van der Waals surface area contributed by atoms with Crippen LogP contribution >= 0.6 is 11.6 Å². The second kappa shape index (κ2) is 6.39. The van der Waals surface area contributed by atoms with Crippen molar-refractivity contribution < 1.29 is 9.53 Å². The molecule has 4 heteroatoms. The molecular formula is C19H16ClNO2. The number of aromatic nitrogens is 1. The van der Waals surface area contributed by atoms with Crippen molar-refractivity contribution in [3.8, 4) is 17.0 Å². The maximum Gasteiger partial charge on any atom is 0.253 e. The van der Waals surface area contributed by atoms with Crippen LogP contribution in [0, 0.1) is 0 Å². The lowest BCUT2D eigenvalue weighted by molar-refractivity contribution is 0.108. The number of pyridine rings is 1. The number of methoxy groups -OCH3 is 1. The van der Waals surface area contributed by atoms with Crippen molar-refractivity contribution >= 4 is 27.7 Å². The molecule has 0 atom stereocenters. The summed E-state index contributed by atoms with van der Waals surface area (Å²) in [7, 11) is 1.62. The molecule has 3 rings (SSSR count). The molecule has 0 bridgehead atoms. The third kappa shape index (κ3) is 3.06. The molecule has 1 aromatic heterocycles. The van der Waals surface area contributed by atoms with Gasteiger partial charge in [-0.2, -0.15) is 0 Å². The van der Waals surface area contributed by atoms with Crippen molar-refractivity contribution in [2.75, 3.05) is 7.11 Å². The standard InChI is InChI=1S/C19H16ClNO2/c1-3-12-4-9-17-15(10-12)16(19(20)22)11-18(21-17)13-5-7-14(23-2)8-6-13/h4-11H,3H2,1-2H3. The van der Waals surface area contributed by atoms with E-state index in [2.05, 4.69) is 11.9 Å². The third-order valence-electron chi connectivity index (χ3n) is 3.88. The van der Waals surface area contributed by atoms with Gasteiger partial charge in [-0.05, 0) is 66.0 Å². The van der Waals surface area contributed by atoms with Crippen LogP contribution in [0.15, 0.2) is 48.5 Å². The molecule has 0 N–H and O–H groups in total. The first-order chi connectivity index (χ1) is 11.1. The van der Waals surface area contributed by atoms with Crippen LogP contribution in [0.1, 0.15) is 22.8 Å². The first-order valence-corrected chi connectivity index (χ1v) is 7.78. The van der Waals surface area contributed by atoms with Crippen LogP contribution in [-0.2, 0) is 6.42 Å². The minimum Gasteiger partial charge on any atom is -0.497 e. The van der Waals surface area contributed by atoms with Crippen molar-refractivity contribution in [3.05, 3.63) is 59.7 Å². The van der Waals surface area contributed by atoms with E-state index in [0.29, 0.717) is 11.3 Å². The molecule has 2 aromatic carbocycles. The van der Waals surface area contributed by atoms with Crippen LogP contribution < -0.4 is 4.74 Å². The Morgan fingerprint density at radius 2 is 1.87 bits per heavy atom. The molecule has 0 saturated carbocycles. The summed E-state index contributed by atoms with van der Waals surface area (Å²) in [6, 6.07) is 15.2. The minimum atomic E-state index is -0.472. The molecule has 0 radical (unpaired) electrons. The summed E-state index contributed by atoms with van der Waals surface area (Å²) in [6.45, 7) is 2.07. The normalized spacial score (nSPS) is 10.7. The Kier molecular flexibility index (Phi) is 4.30. The largest absolute Gasteiger partial charge is 0.497 e. The molecule has 23 heavy (non-hydrogen) atoms. The predicted octanol–water partition coefficient (Wildman–Crippen LogP) is 4.85. The SMILES string of the molecule is CCc1ccc2nc(-c3ccc(OC)cc3)cc(C(=O)Cl)c2c1. The summed E-state index contributed by atoms with van der Waals surface area (Å²) in [5.41, 5.74) is 4.02. The van der Waals surface area contributed by atoms with Crippen molar-refractivity contribution in [3.63, 3.8) is 0 Å². The fourth-order valence-electron chi connectivity index (χ4n) is 2.57. The zero-order valence-electron chi connectivity index (χ0n) is 13.0. The van der Waals surface area contributed by atoms with Crippen LogP contribution in [-0.4, -0.2) is 17.3 Å². The zero-order valence-corrected chi connectivity index (χ0v) is 13.7. The van der Waals surface area contributed by atoms with Gasteiger partial charge >= 0.3 is 0 Å². The molecule has 0 saturated heterocycles. The molecule has 3 nitrogen and oxygen atoms in total.